The number of piperidine rings is 1. The van der Waals surface area contributed by atoms with Crippen molar-refractivity contribution in [3.63, 3.8) is 0 Å². The van der Waals surface area contributed by atoms with E-state index >= 15 is 0 Å². The summed E-state index contributed by atoms with van der Waals surface area (Å²) in [5, 5.41) is 12.5. The highest BCUT2D eigenvalue weighted by Gasteiger charge is 2.43. The summed E-state index contributed by atoms with van der Waals surface area (Å²) in [6.45, 7) is 44.0. The second-order valence-electron chi connectivity index (χ2n) is 19.8. The van der Waals surface area contributed by atoms with Gasteiger partial charge in [0.05, 0.1) is 16.7 Å². The zero-order valence-corrected chi connectivity index (χ0v) is 36.2. The lowest BCUT2D eigenvalue weighted by atomic mass is 9.68. The molecule has 2 aromatic carbocycles. The Balaban J connectivity index is 1.51. The molecular weight excluding hydrogens is 657 g/mol. The smallest absolute Gasteiger partial charge is 0.132 e. The lowest BCUT2D eigenvalue weighted by Gasteiger charge is -2.38. The normalized spacial score (nSPS) is 29.3. The number of anilines is 2. The molecule has 1 fully saturated rings. The first-order valence-corrected chi connectivity index (χ1v) is 21.6. The van der Waals surface area contributed by atoms with Crippen LogP contribution < -0.4 is 21.2 Å². The summed E-state index contributed by atoms with van der Waals surface area (Å²) in [6.07, 6.45) is 18.6. The van der Waals surface area contributed by atoms with Crippen LogP contribution in [0.25, 0.3) is 22.9 Å². The molecule has 0 aromatic heterocycles. The molecular formula is C50H74N4. The van der Waals surface area contributed by atoms with Crippen LogP contribution in [-0.2, 0) is 6.42 Å². The fourth-order valence-corrected chi connectivity index (χ4v) is 10.7. The van der Waals surface area contributed by atoms with Crippen molar-refractivity contribution in [1.82, 2.24) is 4.90 Å². The lowest BCUT2D eigenvalue weighted by molar-refractivity contribution is 0.145. The number of nitrogens with zero attached hydrogens (tertiary/aromatic N) is 2. The van der Waals surface area contributed by atoms with Crippen molar-refractivity contribution in [3.05, 3.63) is 75.5 Å². The molecule has 4 aliphatic rings. The third-order valence-electron chi connectivity index (χ3n) is 14.6. The highest BCUT2D eigenvalue weighted by atomic mass is 15.2. The number of hydrogen-bond acceptors (Lipinski definition) is 4. The number of fused-ring (bicyclic) bond motifs is 1. The van der Waals surface area contributed by atoms with Gasteiger partial charge in [0.1, 0.15) is 5.66 Å². The Morgan fingerprint density at radius 3 is 2.30 bits per heavy atom. The van der Waals surface area contributed by atoms with Crippen molar-refractivity contribution in [2.45, 2.75) is 146 Å². The van der Waals surface area contributed by atoms with Gasteiger partial charge in [0.25, 0.3) is 0 Å². The number of likely N-dealkylation sites (tertiary alicyclic amines) is 1. The van der Waals surface area contributed by atoms with E-state index in [1.54, 1.807) is 0 Å². The Labute approximate surface area is 329 Å². The first kappa shape index (κ1) is 40.6. The van der Waals surface area contributed by atoms with Crippen molar-refractivity contribution >= 4 is 34.3 Å². The summed E-state index contributed by atoms with van der Waals surface area (Å²) in [4.78, 5) is 8.41. The number of nitrogens with one attached hydrogen (secondary N) is 2. The molecule has 2 aromatic rings. The van der Waals surface area contributed by atoms with Crippen LogP contribution in [-0.4, -0.2) is 30.2 Å². The predicted octanol–water partition coefficient (Wildman–Crippen LogP) is 12.0. The highest BCUT2D eigenvalue weighted by molar-refractivity contribution is 6.05. The Bertz CT molecular complexity index is 1970. The molecule has 1 aliphatic carbocycles. The Morgan fingerprint density at radius 2 is 1.63 bits per heavy atom. The van der Waals surface area contributed by atoms with Gasteiger partial charge in [-0.1, -0.05) is 113 Å². The van der Waals surface area contributed by atoms with E-state index in [0.717, 1.165) is 90.4 Å². The number of benzene rings is 2. The van der Waals surface area contributed by atoms with E-state index < -0.39 is 0 Å². The van der Waals surface area contributed by atoms with Gasteiger partial charge in [-0.2, -0.15) is 0 Å². The standard InChI is InChI=1S/C50H74N4/c1-15-40-28-33(5)21-20-32(4)18-16-19-34(6)39(11)51-45-37(9)42-36(8)35(7)41-29-49(14,23-17-22-48(40,12)13)38(10)43(41)44(42)46-47(45)53-50(52-46)24-26-54(27-25-50)30-31(2)3/h16,18-19,31-33,40,51,53H,9-11,15,17,20-30H2,1-8,12-14H3/b18-16+,34-19-. The van der Waals surface area contributed by atoms with Gasteiger partial charge in [-0.15, -0.1) is 0 Å². The predicted molar refractivity (Wildman–Crippen MR) is 237 cm³/mol. The van der Waals surface area contributed by atoms with Gasteiger partial charge in [-0.05, 0) is 126 Å². The van der Waals surface area contributed by atoms with Gasteiger partial charge in [0, 0.05) is 48.8 Å². The average Bonchev–Trinajstić information content (AvgIpc) is 3.60. The maximum atomic E-state index is 5.79. The van der Waals surface area contributed by atoms with E-state index in [9.17, 15) is 0 Å². The molecule has 3 heterocycles. The van der Waals surface area contributed by atoms with Crippen LogP contribution >= 0.6 is 0 Å². The summed E-state index contributed by atoms with van der Waals surface area (Å²) >= 11 is 0. The van der Waals surface area contributed by atoms with E-state index in [1.165, 1.54) is 77.1 Å². The summed E-state index contributed by atoms with van der Waals surface area (Å²) in [5.41, 5.74) is 11.0. The van der Waals surface area contributed by atoms with Gasteiger partial charge < -0.3 is 15.5 Å². The number of hydrogen-bond donors (Lipinski definition) is 2. The second kappa shape index (κ2) is 15.4. The molecule has 1 spiro atoms. The Kier molecular flexibility index (Phi) is 11.6. The molecule has 294 valence electrons. The fraction of sp³-hybridized carbons (Fsp3) is 0.620. The lowest BCUT2D eigenvalue weighted by Crippen LogP contribution is -2.47. The third-order valence-corrected chi connectivity index (χ3v) is 14.6. The van der Waals surface area contributed by atoms with Gasteiger partial charge in [-0.3, -0.25) is 4.99 Å². The van der Waals surface area contributed by atoms with E-state index in [-0.39, 0.29) is 11.1 Å². The van der Waals surface area contributed by atoms with E-state index in [4.69, 9.17) is 18.2 Å². The summed E-state index contributed by atoms with van der Waals surface area (Å²) in [6, 6.07) is 0. The molecule has 0 radical (unpaired) electrons. The summed E-state index contributed by atoms with van der Waals surface area (Å²) in [5.74, 6) is 2.67. The van der Waals surface area contributed by atoms with Gasteiger partial charge >= 0.3 is 0 Å². The molecule has 54 heavy (non-hydrogen) atoms. The molecule has 4 atom stereocenters. The number of rotatable bonds is 3. The van der Waals surface area contributed by atoms with Crippen LogP contribution in [0.5, 0.6) is 0 Å². The third kappa shape index (κ3) is 7.67. The van der Waals surface area contributed by atoms with Crippen LogP contribution in [0, 0.1) is 48.3 Å². The van der Waals surface area contributed by atoms with Crippen LogP contribution in [0.4, 0.5) is 11.4 Å². The first-order chi connectivity index (χ1) is 25.4. The molecule has 3 aliphatic heterocycles. The van der Waals surface area contributed by atoms with Crippen LogP contribution in [0.2, 0.25) is 0 Å². The zero-order chi connectivity index (χ0) is 39.3. The molecule has 2 N–H and O–H groups in total. The SMILES string of the molecule is C=C1Nc2c3c(c4c5c(c(C)c(C)c4c2=C)CC(C)(CCCC(C)(C)C(CC)CC(C)CCC(C)/C=C/C=C\1C)C5=C)=NC1(CCN(CC(C)C)CC1)N3. The molecule has 4 heteroatoms. The molecule has 6 rings (SSSR count). The summed E-state index contributed by atoms with van der Waals surface area (Å²) < 4.78 is 0. The number of allylic oxidation sites excluding steroid dienone is 5. The topological polar surface area (TPSA) is 39.7 Å². The molecule has 0 saturated carbocycles. The van der Waals surface area contributed by atoms with Crippen molar-refractivity contribution in [2.75, 3.05) is 30.3 Å². The fourth-order valence-electron chi connectivity index (χ4n) is 10.7. The first-order valence-electron chi connectivity index (χ1n) is 21.6. The van der Waals surface area contributed by atoms with Crippen molar-refractivity contribution in [1.29, 1.82) is 0 Å². The minimum Gasteiger partial charge on any atom is -0.358 e. The van der Waals surface area contributed by atoms with E-state index in [0.29, 0.717) is 17.3 Å². The van der Waals surface area contributed by atoms with Crippen molar-refractivity contribution < 1.29 is 0 Å². The van der Waals surface area contributed by atoms with Crippen molar-refractivity contribution in [2.24, 2.45) is 39.5 Å². The Hall–Kier alpha value is -3.11. The second-order valence-corrected chi connectivity index (χ2v) is 19.8. The minimum absolute atomic E-state index is 0.0184. The van der Waals surface area contributed by atoms with Crippen LogP contribution in [0.3, 0.4) is 0 Å². The Morgan fingerprint density at radius 1 is 0.926 bits per heavy atom. The van der Waals surface area contributed by atoms with Crippen LogP contribution in [0.15, 0.2) is 47.6 Å². The molecule has 4 bridgehead atoms. The maximum Gasteiger partial charge on any atom is 0.132 e. The van der Waals surface area contributed by atoms with Gasteiger partial charge in [0.15, 0.2) is 0 Å². The number of aryl methyl sites for hydroxylation is 1. The molecule has 4 nitrogen and oxygen atoms in total. The maximum absolute atomic E-state index is 5.79. The molecule has 4 unspecified atom stereocenters. The van der Waals surface area contributed by atoms with Crippen molar-refractivity contribution in [3.8, 4) is 0 Å². The largest absolute Gasteiger partial charge is 0.358 e. The van der Waals surface area contributed by atoms with E-state index in [2.05, 4.69) is 117 Å². The summed E-state index contributed by atoms with van der Waals surface area (Å²) in [7, 11) is 0. The molecule has 0 amide bonds. The quantitative estimate of drug-likeness (QED) is 0.330. The highest BCUT2D eigenvalue weighted by Crippen LogP contribution is 2.53. The van der Waals surface area contributed by atoms with Gasteiger partial charge in [-0.25, -0.2) is 0 Å². The zero-order valence-electron chi connectivity index (χ0n) is 36.2. The minimum atomic E-state index is -0.323. The monoisotopic (exact) mass is 731 g/mol. The molecule has 1 saturated heterocycles. The van der Waals surface area contributed by atoms with Crippen LogP contribution in [0.1, 0.15) is 142 Å². The van der Waals surface area contributed by atoms with Gasteiger partial charge in [0.2, 0.25) is 0 Å². The average molecular weight is 731 g/mol. The van der Waals surface area contributed by atoms with E-state index in [1.807, 2.05) is 0 Å².